The molecule has 0 unspecified atom stereocenters. The molecule has 0 saturated carbocycles. The minimum atomic E-state index is -3.56. The van der Waals surface area contributed by atoms with Crippen LogP contribution in [0, 0.1) is 10.1 Å². The third-order valence-corrected chi connectivity index (χ3v) is 6.41. The number of carbonyl (C=O) groups excluding carboxylic acids is 1. The molecule has 0 aliphatic heterocycles. The zero-order valence-electron chi connectivity index (χ0n) is 16.6. The Morgan fingerprint density at radius 1 is 1.00 bits per heavy atom. The molecule has 3 aromatic carbocycles. The van der Waals surface area contributed by atoms with Crippen LogP contribution in [0.3, 0.4) is 0 Å². The monoisotopic (exact) mass is 440 g/mol. The second kappa shape index (κ2) is 9.40. The van der Waals surface area contributed by atoms with Gasteiger partial charge in [0.1, 0.15) is 5.56 Å². The van der Waals surface area contributed by atoms with Gasteiger partial charge >= 0.3 is 5.97 Å². The topological polar surface area (TPSA) is 116 Å². The lowest BCUT2D eigenvalue weighted by Gasteiger charge is -2.09. The first kappa shape index (κ1) is 22.0. The number of hydrogen-bond donors (Lipinski definition) is 1. The number of nitrogens with one attached hydrogen (secondary N) is 1. The first-order chi connectivity index (χ1) is 14.8. The number of carbonyl (C=O) groups is 1. The zero-order chi connectivity index (χ0) is 22.4. The standard InChI is InChI=1S/C22H20N2O6S/c1-30-22(25)20-15-17(9-12-21(20)24(26)27)23-14-13-16-7-10-19(11-8-16)31(28,29)18-5-3-2-4-6-18/h2-12,15,23H,13-14H2,1H3. The van der Waals surface area contributed by atoms with Crippen molar-refractivity contribution in [2.75, 3.05) is 19.0 Å². The Bertz CT molecular complexity index is 1190. The fraction of sp³-hybridized carbons (Fsp3) is 0.136. The van der Waals surface area contributed by atoms with Crippen LogP contribution in [-0.4, -0.2) is 33.0 Å². The van der Waals surface area contributed by atoms with E-state index in [1.807, 2.05) is 0 Å². The third-order valence-electron chi connectivity index (χ3n) is 4.63. The summed E-state index contributed by atoms with van der Waals surface area (Å²) in [5.41, 5.74) is 0.990. The molecule has 0 aliphatic carbocycles. The number of methoxy groups -OCH3 is 1. The number of ether oxygens (including phenoxy) is 1. The Morgan fingerprint density at radius 2 is 1.65 bits per heavy atom. The summed E-state index contributed by atoms with van der Waals surface area (Å²) in [5.74, 6) is -0.787. The molecule has 3 aromatic rings. The molecule has 8 nitrogen and oxygen atoms in total. The SMILES string of the molecule is COC(=O)c1cc(NCCc2ccc(S(=O)(=O)c3ccccc3)cc2)ccc1[N+](=O)[O-]. The second-order valence-electron chi connectivity index (χ2n) is 6.62. The highest BCUT2D eigenvalue weighted by Gasteiger charge is 2.21. The first-order valence-electron chi connectivity index (χ1n) is 9.32. The highest BCUT2D eigenvalue weighted by atomic mass is 32.2. The van der Waals surface area contributed by atoms with Crippen molar-refractivity contribution in [2.24, 2.45) is 0 Å². The van der Waals surface area contributed by atoms with Gasteiger partial charge in [-0.3, -0.25) is 10.1 Å². The van der Waals surface area contributed by atoms with E-state index in [1.165, 1.54) is 18.2 Å². The molecule has 0 heterocycles. The van der Waals surface area contributed by atoms with Gasteiger partial charge in [-0.1, -0.05) is 30.3 Å². The van der Waals surface area contributed by atoms with E-state index in [0.29, 0.717) is 18.7 Å². The molecular weight excluding hydrogens is 420 g/mol. The minimum absolute atomic E-state index is 0.132. The third kappa shape index (κ3) is 5.07. The van der Waals surface area contributed by atoms with Crippen LogP contribution in [0.5, 0.6) is 0 Å². The fourth-order valence-electron chi connectivity index (χ4n) is 3.00. The van der Waals surface area contributed by atoms with E-state index in [4.69, 9.17) is 0 Å². The van der Waals surface area contributed by atoms with E-state index >= 15 is 0 Å². The summed E-state index contributed by atoms with van der Waals surface area (Å²) < 4.78 is 29.9. The molecule has 0 amide bonds. The Hall–Kier alpha value is -3.72. The number of benzene rings is 3. The van der Waals surface area contributed by atoms with Gasteiger partial charge in [0.15, 0.2) is 0 Å². The number of sulfone groups is 1. The number of anilines is 1. The summed E-state index contributed by atoms with van der Waals surface area (Å²) in [4.78, 5) is 22.7. The summed E-state index contributed by atoms with van der Waals surface area (Å²) in [5, 5.41) is 14.2. The van der Waals surface area contributed by atoms with Crippen molar-refractivity contribution < 1.29 is 22.9 Å². The Balaban J connectivity index is 1.66. The molecule has 0 aromatic heterocycles. The first-order valence-corrected chi connectivity index (χ1v) is 10.8. The van der Waals surface area contributed by atoms with Gasteiger partial charge in [-0.2, -0.15) is 0 Å². The Morgan fingerprint density at radius 3 is 2.26 bits per heavy atom. The second-order valence-corrected chi connectivity index (χ2v) is 8.57. The zero-order valence-corrected chi connectivity index (χ0v) is 17.5. The molecule has 0 bridgehead atoms. The van der Waals surface area contributed by atoms with Gasteiger partial charge in [0, 0.05) is 18.3 Å². The van der Waals surface area contributed by atoms with Crippen LogP contribution >= 0.6 is 0 Å². The Labute approximate surface area is 179 Å². The lowest BCUT2D eigenvalue weighted by atomic mass is 10.1. The maximum Gasteiger partial charge on any atom is 0.344 e. The van der Waals surface area contributed by atoms with Gasteiger partial charge < -0.3 is 10.1 Å². The number of nitro benzene ring substituents is 1. The number of esters is 1. The molecule has 1 N–H and O–H groups in total. The van der Waals surface area contributed by atoms with E-state index in [2.05, 4.69) is 10.1 Å². The normalized spacial score (nSPS) is 11.0. The molecule has 0 atom stereocenters. The number of nitro groups is 1. The van der Waals surface area contributed by atoms with Gasteiger partial charge in [-0.25, -0.2) is 13.2 Å². The maximum atomic E-state index is 12.6. The van der Waals surface area contributed by atoms with Crippen LogP contribution in [-0.2, 0) is 21.0 Å². The summed E-state index contributed by atoms with van der Waals surface area (Å²) in [6, 6.07) is 19.0. The molecule has 9 heteroatoms. The van der Waals surface area contributed by atoms with Crippen molar-refractivity contribution in [3.63, 3.8) is 0 Å². The molecule has 160 valence electrons. The van der Waals surface area contributed by atoms with Crippen molar-refractivity contribution in [2.45, 2.75) is 16.2 Å². The molecule has 0 radical (unpaired) electrons. The van der Waals surface area contributed by atoms with Crippen LogP contribution in [0.2, 0.25) is 0 Å². The van der Waals surface area contributed by atoms with Crippen molar-refractivity contribution in [1.82, 2.24) is 0 Å². The van der Waals surface area contributed by atoms with Gasteiger partial charge in [-0.15, -0.1) is 0 Å². The minimum Gasteiger partial charge on any atom is -0.465 e. The molecule has 0 fully saturated rings. The van der Waals surface area contributed by atoms with E-state index in [1.54, 1.807) is 54.6 Å². The van der Waals surface area contributed by atoms with Gasteiger partial charge in [0.25, 0.3) is 5.69 Å². The molecule has 0 spiro atoms. The highest BCUT2D eigenvalue weighted by molar-refractivity contribution is 7.91. The lowest BCUT2D eigenvalue weighted by molar-refractivity contribution is -0.385. The molecular formula is C22H20N2O6S. The predicted octanol–water partition coefficient (Wildman–Crippen LogP) is 3.87. The maximum absolute atomic E-state index is 12.6. The number of rotatable bonds is 8. The smallest absolute Gasteiger partial charge is 0.344 e. The van der Waals surface area contributed by atoms with Gasteiger partial charge in [0.2, 0.25) is 9.84 Å². The molecule has 0 aliphatic rings. The quantitative estimate of drug-likeness (QED) is 0.321. The average molecular weight is 440 g/mol. The lowest BCUT2D eigenvalue weighted by Crippen LogP contribution is -2.09. The summed E-state index contributed by atoms with van der Waals surface area (Å²) in [6.45, 7) is 0.475. The summed E-state index contributed by atoms with van der Waals surface area (Å²) >= 11 is 0. The number of hydrogen-bond acceptors (Lipinski definition) is 7. The van der Waals surface area contributed by atoms with Crippen LogP contribution < -0.4 is 5.32 Å². The van der Waals surface area contributed by atoms with Crippen LogP contribution in [0.15, 0.2) is 82.6 Å². The fourth-order valence-corrected chi connectivity index (χ4v) is 4.28. The van der Waals surface area contributed by atoms with Crippen LogP contribution in [0.4, 0.5) is 11.4 Å². The predicted molar refractivity (Wildman–Crippen MR) is 115 cm³/mol. The highest BCUT2D eigenvalue weighted by Crippen LogP contribution is 2.24. The number of nitrogens with zero attached hydrogens (tertiary/aromatic N) is 1. The summed E-state index contributed by atoms with van der Waals surface area (Å²) in [6.07, 6.45) is 0.580. The van der Waals surface area contributed by atoms with Crippen molar-refractivity contribution in [3.8, 4) is 0 Å². The average Bonchev–Trinajstić information content (AvgIpc) is 2.79. The van der Waals surface area contributed by atoms with E-state index in [9.17, 15) is 23.3 Å². The van der Waals surface area contributed by atoms with Crippen LogP contribution in [0.25, 0.3) is 0 Å². The Kier molecular flexibility index (Phi) is 6.66. The largest absolute Gasteiger partial charge is 0.465 e. The molecule has 3 rings (SSSR count). The van der Waals surface area contributed by atoms with Gasteiger partial charge in [-0.05, 0) is 48.4 Å². The summed E-state index contributed by atoms with van der Waals surface area (Å²) in [7, 11) is -2.40. The van der Waals surface area contributed by atoms with Gasteiger partial charge in [0.05, 0.1) is 21.8 Å². The van der Waals surface area contributed by atoms with E-state index in [0.717, 1.165) is 12.7 Å². The molecule has 31 heavy (non-hydrogen) atoms. The molecule has 0 saturated heterocycles. The van der Waals surface area contributed by atoms with E-state index in [-0.39, 0.29) is 21.0 Å². The van der Waals surface area contributed by atoms with Crippen LogP contribution in [0.1, 0.15) is 15.9 Å². The van der Waals surface area contributed by atoms with Crippen molar-refractivity contribution in [3.05, 3.63) is 94.0 Å². The van der Waals surface area contributed by atoms with Crippen molar-refractivity contribution >= 4 is 27.2 Å². The van der Waals surface area contributed by atoms with E-state index < -0.39 is 20.7 Å². The van der Waals surface area contributed by atoms with Crippen molar-refractivity contribution in [1.29, 1.82) is 0 Å².